The number of carbonyl (C=O) groups is 1. The number of guanidine groups is 1. The van der Waals surface area contributed by atoms with Crippen LogP contribution < -0.4 is 16.0 Å². The first-order valence-electron chi connectivity index (χ1n) is 8.73. The van der Waals surface area contributed by atoms with E-state index in [-0.39, 0.29) is 5.91 Å². The van der Waals surface area contributed by atoms with Crippen LogP contribution in [0.3, 0.4) is 0 Å². The molecular weight excluding hydrogens is 378 g/mol. The minimum atomic E-state index is -3.22. The zero-order valence-electron chi connectivity index (χ0n) is 16.2. The van der Waals surface area contributed by atoms with E-state index in [0.717, 1.165) is 5.56 Å². The Balaban J connectivity index is 1.79. The average molecular weight is 404 g/mol. The lowest BCUT2D eigenvalue weighted by atomic mass is 10.1. The van der Waals surface area contributed by atoms with Crippen molar-refractivity contribution in [3.05, 3.63) is 59.4 Å². The molecule has 28 heavy (non-hydrogen) atoms. The van der Waals surface area contributed by atoms with Crippen molar-refractivity contribution in [2.45, 2.75) is 18.4 Å². The summed E-state index contributed by atoms with van der Waals surface area (Å²) in [6.45, 7) is 3.19. The number of pyridine rings is 1. The van der Waals surface area contributed by atoms with Gasteiger partial charge in [-0.1, -0.05) is 12.1 Å². The number of amides is 1. The molecule has 8 nitrogen and oxygen atoms in total. The van der Waals surface area contributed by atoms with Gasteiger partial charge in [0.05, 0.1) is 10.5 Å². The number of sulfone groups is 1. The van der Waals surface area contributed by atoms with Crippen LogP contribution in [0, 0.1) is 6.92 Å². The molecule has 0 bridgehead atoms. The van der Waals surface area contributed by atoms with E-state index < -0.39 is 9.84 Å². The van der Waals surface area contributed by atoms with Crippen molar-refractivity contribution < 1.29 is 13.2 Å². The highest BCUT2D eigenvalue weighted by atomic mass is 32.2. The molecule has 2 rings (SSSR count). The Morgan fingerprint density at radius 1 is 1.14 bits per heavy atom. The maximum atomic E-state index is 11.9. The number of hydrogen-bond acceptors (Lipinski definition) is 5. The van der Waals surface area contributed by atoms with Gasteiger partial charge in [0.1, 0.15) is 0 Å². The first kappa shape index (κ1) is 21.4. The second-order valence-electron chi connectivity index (χ2n) is 6.22. The van der Waals surface area contributed by atoms with E-state index in [4.69, 9.17) is 0 Å². The number of hydrogen-bond donors (Lipinski definition) is 3. The van der Waals surface area contributed by atoms with E-state index in [1.165, 1.54) is 12.5 Å². The molecule has 0 saturated heterocycles. The van der Waals surface area contributed by atoms with Gasteiger partial charge >= 0.3 is 0 Å². The van der Waals surface area contributed by atoms with Crippen LogP contribution in [0.5, 0.6) is 0 Å². The first-order chi connectivity index (χ1) is 13.3. The first-order valence-corrected chi connectivity index (χ1v) is 10.6. The maximum absolute atomic E-state index is 11.9. The van der Waals surface area contributed by atoms with Crippen LogP contribution in [-0.2, 0) is 16.4 Å². The van der Waals surface area contributed by atoms with Crippen molar-refractivity contribution in [1.29, 1.82) is 0 Å². The van der Waals surface area contributed by atoms with Gasteiger partial charge in [0, 0.05) is 45.3 Å². The number of aliphatic imine (C=N–C) groups is 1. The molecule has 0 spiro atoms. The third kappa shape index (κ3) is 6.34. The van der Waals surface area contributed by atoms with Gasteiger partial charge in [0.15, 0.2) is 15.8 Å². The molecule has 3 N–H and O–H groups in total. The van der Waals surface area contributed by atoms with Gasteiger partial charge in [0.2, 0.25) is 0 Å². The molecule has 1 heterocycles. The highest BCUT2D eigenvalue weighted by molar-refractivity contribution is 7.90. The summed E-state index contributed by atoms with van der Waals surface area (Å²) in [5.41, 5.74) is 2.17. The Bertz CT molecular complexity index is 943. The fourth-order valence-corrected chi connectivity index (χ4v) is 3.56. The third-order valence-corrected chi connectivity index (χ3v) is 5.21. The fraction of sp³-hybridized carbons (Fsp3) is 0.316. The van der Waals surface area contributed by atoms with Crippen molar-refractivity contribution in [3.8, 4) is 0 Å². The standard InChI is InChI=1S/C19H25N5O3S/c1-14-11-15(6-7-17(14)28(3,26)27)12-24-19(20-2)23-10-9-22-18(25)16-5-4-8-21-13-16/h4-8,11,13H,9-10,12H2,1-3H3,(H,22,25)(H2,20,23,24). The van der Waals surface area contributed by atoms with Crippen molar-refractivity contribution in [2.75, 3.05) is 26.4 Å². The summed E-state index contributed by atoms with van der Waals surface area (Å²) < 4.78 is 23.4. The van der Waals surface area contributed by atoms with Crippen molar-refractivity contribution in [2.24, 2.45) is 4.99 Å². The molecule has 150 valence electrons. The molecule has 0 radical (unpaired) electrons. The van der Waals surface area contributed by atoms with Crippen molar-refractivity contribution in [3.63, 3.8) is 0 Å². The summed E-state index contributed by atoms with van der Waals surface area (Å²) in [7, 11) is -1.57. The Hall–Kier alpha value is -2.94. The van der Waals surface area contributed by atoms with Gasteiger partial charge in [-0.3, -0.25) is 14.8 Å². The van der Waals surface area contributed by atoms with Crippen LogP contribution in [0.15, 0.2) is 52.6 Å². The Labute approximate surface area is 165 Å². The predicted molar refractivity (Wildman–Crippen MR) is 109 cm³/mol. The molecular formula is C19H25N5O3S. The SMILES string of the molecule is CN=C(NCCNC(=O)c1cccnc1)NCc1ccc(S(C)(=O)=O)c(C)c1. The van der Waals surface area contributed by atoms with Crippen LogP contribution in [0.2, 0.25) is 0 Å². The third-order valence-electron chi connectivity index (χ3n) is 3.95. The van der Waals surface area contributed by atoms with Crippen molar-refractivity contribution in [1.82, 2.24) is 20.9 Å². The number of aryl methyl sites for hydroxylation is 1. The van der Waals surface area contributed by atoms with E-state index in [1.54, 1.807) is 44.4 Å². The summed E-state index contributed by atoms with van der Waals surface area (Å²) in [5.74, 6) is 0.403. The fourth-order valence-electron chi connectivity index (χ4n) is 2.60. The van der Waals surface area contributed by atoms with Gasteiger partial charge < -0.3 is 16.0 Å². The molecule has 0 saturated carbocycles. The van der Waals surface area contributed by atoms with Gasteiger partial charge in [-0.25, -0.2) is 8.42 Å². The lowest BCUT2D eigenvalue weighted by molar-refractivity contribution is 0.0954. The molecule has 1 amide bonds. The molecule has 9 heteroatoms. The quantitative estimate of drug-likeness (QED) is 0.360. The normalized spacial score (nSPS) is 11.8. The second-order valence-corrected chi connectivity index (χ2v) is 8.21. The van der Waals surface area contributed by atoms with E-state index in [0.29, 0.717) is 41.6 Å². The molecule has 0 fully saturated rings. The summed E-state index contributed by atoms with van der Waals surface area (Å²) in [6.07, 6.45) is 4.33. The zero-order valence-corrected chi connectivity index (χ0v) is 17.0. The molecule has 0 atom stereocenters. The lowest BCUT2D eigenvalue weighted by Gasteiger charge is -2.13. The van der Waals surface area contributed by atoms with Gasteiger partial charge in [0.25, 0.3) is 5.91 Å². The molecule has 1 aromatic heterocycles. The number of rotatable bonds is 7. The van der Waals surface area contributed by atoms with Crippen LogP contribution in [0.25, 0.3) is 0 Å². The Morgan fingerprint density at radius 3 is 2.50 bits per heavy atom. The van der Waals surface area contributed by atoms with Gasteiger partial charge in [-0.15, -0.1) is 0 Å². The number of nitrogens with one attached hydrogen (secondary N) is 3. The minimum absolute atomic E-state index is 0.181. The van der Waals surface area contributed by atoms with Crippen LogP contribution >= 0.6 is 0 Å². The molecule has 0 aliphatic rings. The van der Waals surface area contributed by atoms with Crippen molar-refractivity contribution >= 4 is 21.7 Å². The van der Waals surface area contributed by atoms with Crippen LogP contribution in [0.1, 0.15) is 21.5 Å². The molecule has 0 unspecified atom stereocenters. The summed E-state index contributed by atoms with van der Waals surface area (Å²) in [4.78, 5) is 20.3. The predicted octanol–water partition coefficient (Wildman–Crippen LogP) is 0.889. The highest BCUT2D eigenvalue weighted by Crippen LogP contribution is 2.16. The largest absolute Gasteiger partial charge is 0.355 e. The number of aromatic nitrogens is 1. The molecule has 0 aliphatic heterocycles. The monoisotopic (exact) mass is 403 g/mol. The molecule has 2 aromatic rings. The summed E-state index contributed by atoms with van der Waals surface area (Å²) >= 11 is 0. The topological polar surface area (TPSA) is 113 Å². The van der Waals surface area contributed by atoms with Gasteiger partial charge in [-0.05, 0) is 36.2 Å². The van der Waals surface area contributed by atoms with E-state index in [9.17, 15) is 13.2 Å². The number of nitrogens with zero attached hydrogens (tertiary/aromatic N) is 2. The maximum Gasteiger partial charge on any atom is 0.252 e. The second kappa shape index (κ2) is 9.84. The van der Waals surface area contributed by atoms with E-state index in [2.05, 4.69) is 25.9 Å². The highest BCUT2D eigenvalue weighted by Gasteiger charge is 2.11. The van der Waals surface area contributed by atoms with Gasteiger partial charge in [-0.2, -0.15) is 0 Å². The minimum Gasteiger partial charge on any atom is -0.355 e. The smallest absolute Gasteiger partial charge is 0.252 e. The summed E-state index contributed by atoms with van der Waals surface area (Å²) in [6, 6.07) is 8.64. The van der Waals surface area contributed by atoms with E-state index >= 15 is 0 Å². The Morgan fingerprint density at radius 2 is 1.89 bits per heavy atom. The van der Waals surface area contributed by atoms with Crippen LogP contribution in [0.4, 0.5) is 0 Å². The van der Waals surface area contributed by atoms with E-state index in [1.807, 2.05) is 6.07 Å². The van der Waals surface area contributed by atoms with Crippen LogP contribution in [-0.4, -0.2) is 51.7 Å². The lowest BCUT2D eigenvalue weighted by Crippen LogP contribution is -2.41. The number of carbonyl (C=O) groups excluding carboxylic acids is 1. The average Bonchev–Trinajstić information content (AvgIpc) is 2.67. The molecule has 0 aliphatic carbocycles. The zero-order chi connectivity index (χ0) is 20.6. The number of benzene rings is 1. The Kier molecular flexibility index (Phi) is 7.51. The molecule has 1 aromatic carbocycles. The summed E-state index contributed by atoms with van der Waals surface area (Å²) in [5, 5.41) is 9.07.